The fraction of sp³-hybridized carbons (Fsp3) is 0.588. The Kier molecular flexibility index (Phi) is 6.69. The largest absolute Gasteiger partial charge is 0.491 e. The number of rotatable bonds is 9. The highest BCUT2D eigenvalue weighted by Crippen LogP contribution is 2.28. The molecule has 4 heteroatoms. The van der Waals surface area contributed by atoms with Crippen molar-refractivity contribution in [2.24, 2.45) is 0 Å². The average molecular weight is 293 g/mol. The van der Waals surface area contributed by atoms with Crippen molar-refractivity contribution in [3.05, 3.63) is 29.8 Å². The monoisotopic (exact) mass is 293 g/mol. The summed E-state index contributed by atoms with van der Waals surface area (Å²) in [5.41, 5.74) is 1.40. The number of ether oxygens (including phenoxy) is 1. The molecule has 0 fully saturated rings. The Labute approximate surface area is 127 Å². The molecule has 0 saturated carbocycles. The molecule has 0 spiro atoms. The van der Waals surface area contributed by atoms with E-state index in [1.165, 1.54) is 5.56 Å². The van der Waals surface area contributed by atoms with Crippen LogP contribution in [-0.2, 0) is 10.2 Å². The number of aliphatic carboxylic acids is 1. The third kappa shape index (κ3) is 5.38. The third-order valence-corrected chi connectivity index (χ3v) is 3.88. The fourth-order valence-electron chi connectivity index (χ4n) is 1.92. The highest BCUT2D eigenvalue weighted by molar-refractivity contribution is 5.73. The molecule has 21 heavy (non-hydrogen) atoms. The molecule has 1 unspecified atom stereocenters. The van der Waals surface area contributed by atoms with Gasteiger partial charge in [-0.2, -0.15) is 0 Å². The van der Waals surface area contributed by atoms with E-state index in [9.17, 15) is 4.79 Å². The second-order valence-electron chi connectivity index (χ2n) is 5.92. The number of carboxylic acid groups (broad SMARTS) is 1. The molecular formula is C17H27NO3. The van der Waals surface area contributed by atoms with Crippen molar-refractivity contribution in [2.75, 3.05) is 13.2 Å². The van der Waals surface area contributed by atoms with Crippen molar-refractivity contribution in [1.82, 2.24) is 5.32 Å². The summed E-state index contributed by atoms with van der Waals surface area (Å²) in [4.78, 5) is 11.1. The highest BCUT2D eigenvalue weighted by atomic mass is 16.5. The van der Waals surface area contributed by atoms with E-state index in [1.54, 1.807) is 0 Å². The first kappa shape index (κ1) is 17.5. The second kappa shape index (κ2) is 8.03. The lowest BCUT2D eigenvalue weighted by Gasteiger charge is -2.23. The first-order valence-electron chi connectivity index (χ1n) is 7.60. The first-order valence-corrected chi connectivity index (χ1v) is 7.60. The summed E-state index contributed by atoms with van der Waals surface area (Å²) < 4.78 is 5.58. The normalized spacial score (nSPS) is 13.0. The van der Waals surface area contributed by atoms with Crippen LogP contribution in [0.3, 0.4) is 0 Å². The van der Waals surface area contributed by atoms with Gasteiger partial charge in [-0.1, -0.05) is 39.8 Å². The van der Waals surface area contributed by atoms with E-state index < -0.39 is 12.0 Å². The lowest BCUT2D eigenvalue weighted by atomic mass is 9.82. The van der Waals surface area contributed by atoms with Crippen LogP contribution in [-0.4, -0.2) is 30.3 Å². The topological polar surface area (TPSA) is 58.6 Å². The summed E-state index contributed by atoms with van der Waals surface area (Å²) in [5, 5.41) is 12.1. The molecule has 4 nitrogen and oxygen atoms in total. The van der Waals surface area contributed by atoms with Gasteiger partial charge in [0.1, 0.15) is 18.4 Å². The molecule has 0 aliphatic carbocycles. The van der Waals surface area contributed by atoms with Crippen molar-refractivity contribution >= 4 is 5.97 Å². The van der Waals surface area contributed by atoms with Crippen molar-refractivity contribution in [3.8, 4) is 5.75 Å². The molecule has 0 bridgehead atoms. The van der Waals surface area contributed by atoms with Crippen molar-refractivity contribution in [2.45, 2.75) is 52.0 Å². The molecule has 2 N–H and O–H groups in total. The van der Waals surface area contributed by atoms with E-state index in [-0.39, 0.29) is 12.0 Å². The SMILES string of the molecule is CCCNC(COc1ccc(C(C)(C)CC)cc1)C(=O)O. The van der Waals surface area contributed by atoms with Crippen LogP contribution >= 0.6 is 0 Å². The number of hydrogen-bond acceptors (Lipinski definition) is 3. The van der Waals surface area contributed by atoms with Gasteiger partial charge in [0.2, 0.25) is 0 Å². The van der Waals surface area contributed by atoms with Crippen molar-refractivity contribution in [1.29, 1.82) is 0 Å². The summed E-state index contributed by atoms with van der Waals surface area (Å²) >= 11 is 0. The molecule has 1 aromatic rings. The maximum Gasteiger partial charge on any atom is 0.324 e. The second-order valence-corrected chi connectivity index (χ2v) is 5.92. The van der Waals surface area contributed by atoms with Crippen LogP contribution in [0.1, 0.15) is 46.1 Å². The van der Waals surface area contributed by atoms with Gasteiger partial charge in [-0.25, -0.2) is 0 Å². The minimum atomic E-state index is -0.882. The van der Waals surface area contributed by atoms with Crippen LogP contribution in [0.4, 0.5) is 0 Å². The smallest absolute Gasteiger partial charge is 0.324 e. The van der Waals surface area contributed by atoms with Crippen molar-refractivity contribution in [3.63, 3.8) is 0 Å². The Balaban J connectivity index is 2.61. The van der Waals surface area contributed by atoms with E-state index in [0.717, 1.165) is 12.8 Å². The molecule has 0 amide bonds. The van der Waals surface area contributed by atoms with Gasteiger partial charge in [0.15, 0.2) is 0 Å². The maximum atomic E-state index is 11.1. The maximum absolute atomic E-state index is 11.1. The molecule has 0 aromatic heterocycles. The molecule has 1 atom stereocenters. The van der Waals surface area contributed by atoms with Gasteiger partial charge in [-0.15, -0.1) is 0 Å². The number of hydrogen-bond donors (Lipinski definition) is 2. The molecule has 1 rings (SSSR count). The zero-order chi connectivity index (χ0) is 15.9. The van der Waals surface area contributed by atoms with E-state index in [0.29, 0.717) is 12.3 Å². The first-order chi connectivity index (χ1) is 9.90. The Morgan fingerprint density at radius 2 is 1.90 bits per heavy atom. The molecule has 0 aliphatic rings. The fourth-order valence-corrected chi connectivity index (χ4v) is 1.92. The van der Waals surface area contributed by atoms with Crippen LogP contribution < -0.4 is 10.1 Å². The summed E-state index contributed by atoms with van der Waals surface area (Å²) in [6, 6.07) is 7.25. The van der Waals surface area contributed by atoms with E-state index >= 15 is 0 Å². The standard InChI is InChI=1S/C17H27NO3/c1-5-11-18-15(16(19)20)12-21-14-9-7-13(8-10-14)17(3,4)6-2/h7-10,15,18H,5-6,11-12H2,1-4H3,(H,19,20). The molecular weight excluding hydrogens is 266 g/mol. The minimum absolute atomic E-state index is 0.131. The Hall–Kier alpha value is -1.55. The number of nitrogens with one attached hydrogen (secondary N) is 1. The van der Waals surface area contributed by atoms with Gasteiger partial charge < -0.3 is 15.2 Å². The number of carbonyl (C=O) groups is 1. The van der Waals surface area contributed by atoms with Crippen LogP contribution in [0, 0.1) is 0 Å². The van der Waals surface area contributed by atoms with Gasteiger partial charge in [-0.05, 0) is 42.5 Å². The van der Waals surface area contributed by atoms with Crippen LogP contribution in [0.5, 0.6) is 5.75 Å². The van der Waals surface area contributed by atoms with E-state index in [1.807, 2.05) is 31.2 Å². The zero-order valence-electron chi connectivity index (χ0n) is 13.5. The van der Waals surface area contributed by atoms with Gasteiger partial charge in [0.25, 0.3) is 0 Å². The highest BCUT2D eigenvalue weighted by Gasteiger charge is 2.19. The van der Waals surface area contributed by atoms with E-state index in [2.05, 4.69) is 26.1 Å². The molecule has 0 saturated heterocycles. The average Bonchev–Trinajstić information content (AvgIpc) is 2.47. The van der Waals surface area contributed by atoms with Gasteiger partial charge in [0, 0.05) is 0 Å². The lowest BCUT2D eigenvalue weighted by molar-refractivity contribution is -0.140. The van der Waals surface area contributed by atoms with Crippen LogP contribution in [0.25, 0.3) is 0 Å². The quantitative estimate of drug-likeness (QED) is 0.734. The van der Waals surface area contributed by atoms with Crippen LogP contribution in [0.15, 0.2) is 24.3 Å². The molecule has 0 aliphatic heterocycles. The van der Waals surface area contributed by atoms with Crippen LogP contribution in [0.2, 0.25) is 0 Å². The molecule has 1 aromatic carbocycles. The molecule has 118 valence electrons. The summed E-state index contributed by atoms with van der Waals surface area (Å²) in [7, 11) is 0. The Morgan fingerprint density at radius 3 is 2.38 bits per heavy atom. The molecule has 0 heterocycles. The predicted octanol–water partition coefficient (Wildman–Crippen LogP) is 3.21. The number of carboxylic acids is 1. The lowest BCUT2D eigenvalue weighted by Crippen LogP contribution is -2.41. The summed E-state index contributed by atoms with van der Waals surface area (Å²) in [6.07, 6.45) is 1.96. The Bertz CT molecular complexity index is 440. The van der Waals surface area contributed by atoms with Gasteiger partial charge >= 0.3 is 5.97 Å². The van der Waals surface area contributed by atoms with Crippen molar-refractivity contribution < 1.29 is 14.6 Å². The summed E-state index contributed by atoms with van der Waals surface area (Å²) in [6.45, 7) is 9.38. The van der Waals surface area contributed by atoms with Gasteiger partial charge in [-0.3, -0.25) is 4.79 Å². The molecule has 0 radical (unpaired) electrons. The van der Waals surface area contributed by atoms with Gasteiger partial charge in [0.05, 0.1) is 0 Å². The zero-order valence-corrected chi connectivity index (χ0v) is 13.5. The van der Waals surface area contributed by atoms with E-state index in [4.69, 9.17) is 9.84 Å². The summed E-state index contributed by atoms with van der Waals surface area (Å²) in [5.74, 6) is -0.178. The Morgan fingerprint density at radius 1 is 1.29 bits per heavy atom. The minimum Gasteiger partial charge on any atom is -0.491 e. The number of benzene rings is 1. The predicted molar refractivity (Wildman–Crippen MR) is 85.0 cm³/mol. The third-order valence-electron chi connectivity index (χ3n) is 3.88.